The zero-order valence-corrected chi connectivity index (χ0v) is 17.2. The highest BCUT2D eigenvalue weighted by Crippen LogP contribution is 2.30. The van der Waals surface area contributed by atoms with Crippen molar-refractivity contribution in [3.8, 4) is 0 Å². The minimum atomic E-state index is 0.123. The standard InChI is InChI=1S/C23H27N3OS/c1-2-18-16-22(20-7-3-4-8-21(20)25-18)26-13-10-17(11-14-26)23(27)24-12-9-19-6-5-15-28-19/h3-8,15-17H,2,9-14H2,1H3,(H,24,27). The monoisotopic (exact) mass is 393 g/mol. The molecule has 1 aliphatic heterocycles. The number of amides is 1. The fraction of sp³-hybridized carbons (Fsp3) is 0.391. The Labute approximate surface area is 170 Å². The van der Waals surface area contributed by atoms with Gasteiger partial charge in [-0.05, 0) is 49.3 Å². The molecule has 1 amide bonds. The number of nitrogens with zero attached hydrogens (tertiary/aromatic N) is 2. The average molecular weight is 394 g/mol. The number of piperidine rings is 1. The van der Waals surface area contributed by atoms with Crippen LogP contribution in [-0.2, 0) is 17.6 Å². The lowest BCUT2D eigenvalue weighted by atomic mass is 9.95. The maximum Gasteiger partial charge on any atom is 0.223 e. The van der Waals surface area contributed by atoms with Crippen LogP contribution in [0, 0.1) is 5.92 Å². The Balaban J connectivity index is 1.37. The number of thiophene rings is 1. The molecule has 0 radical (unpaired) electrons. The first-order valence-electron chi connectivity index (χ1n) is 10.2. The lowest BCUT2D eigenvalue weighted by Gasteiger charge is -2.34. The number of aryl methyl sites for hydroxylation is 1. The number of hydrogen-bond donors (Lipinski definition) is 1. The Kier molecular flexibility index (Phi) is 5.91. The van der Waals surface area contributed by atoms with Gasteiger partial charge in [-0.2, -0.15) is 0 Å². The van der Waals surface area contributed by atoms with Gasteiger partial charge in [-0.1, -0.05) is 31.2 Å². The number of aromatic nitrogens is 1. The summed E-state index contributed by atoms with van der Waals surface area (Å²) in [5.41, 5.74) is 3.45. The molecule has 0 saturated carbocycles. The Morgan fingerprint density at radius 1 is 1.21 bits per heavy atom. The molecular weight excluding hydrogens is 366 g/mol. The van der Waals surface area contributed by atoms with Crippen LogP contribution in [0.4, 0.5) is 5.69 Å². The molecule has 3 aromatic rings. The molecule has 1 N–H and O–H groups in total. The van der Waals surface area contributed by atoms with Crippen molar-refractivity contribution in [1.29, 1.82) is 0 Å². The van der Waals surface area contributed by atoms with E-state index < -0.39 is 0 Å². The van der Waals surface area contributed by atoms with E-state index >= 15 is 0 Å². The lowest BCUT2D eigenvalue weighted by Crippen LogP contribution is -2.41. The topological polar surface area (TPSA) is 45.2 Å². The molecule has 2 aromatic heterocycles. The number of benzene rings is 1. The van der Waals surface area contributed by atoms with Gasteiger partial charge in [0.2, 0.25) is 5.91 Å². The average Bonchev–Trinajstić information content (AvgIpc) is 3.26. The molecule has 0 unspecified atom stereocenters. The zero-order valence-electron chi connectivity index (χ0n) is 16.4. The minimum Gasteiger partial charge on any atom is -0.371 e. The summed E-state index contributed by atoms with van der Waals surface area (Å²) in [4.78, 5) is 21.1. The van der Waals surface area contributed by atoms with E-state index in [-0.39, 0.29) is 11.8 Å². The van der Waals surface area contributed by atoms with E-state index in [4.69, 9.17) is 4.98 Å². The van der Waals surface area contributed by atoms with Gasteiger partial charge in [0, 0.05) is 47.2 Å². The number of para-hydroxylation sites is 1. The van der Waals surface area contributed by atoms with E-state index in [1.165, 1.54) is 16.0 Å². The molecule has 4 nitrogen and oxygen atoms in total. The Bertz CT molecular complexity index is 930. The van der Waals surface area contributed by atoms with Crippen LogP contribution in [0.25, 0.3) is 10.9 Å². The number of carbonyl (C=O) groups excluding carboxylic acids is 1. The summed E-state index contributed by atoms with van der Waals surface area (Å²) in [5.74, 6) is 0.336. The molecular formula is C23H27N3OS. The van der Waals surface area contributed by atoms with Gasteiger partial charge in [0.1, 0.15) is 0 Å². The third kappa shape index (κ3) is 4.20. The van der Waals surface area contributed by atoms with Crippen LogP contribution < -0.4 is 10.2 Å². The highest BCUT2D eigenvalue weighted by Gasteiger charge is 2.26. The molecule has 28 heavy (non-hydrogen) atoms. The van der Waals surface area contributed by atoms with Crippen molar-refractivity contribution in [1.82, 2.24) is 10.3 Å². The molecule has 146 valence electrons. The molecule has 1 aliphatic rings. The Hall–Kier alpha value is -2.40. The van der Waals surface area contributed by atoms with Crippen molar-refractivity contribution in [2.24, 2.45) is 5.92 Å². The second kappa shape index (κ2) is 8.74. The summed E-state index contributed by atoms with van der Waals surface area (Å²) < 4.78 is 0. The highest BCUT2D eigenvalue weighted by molar-refractivity contribution is 7.09. The van der Waals surface area contributed by atoms with E-state index in [0.29, 0.717) is 0 Å². The molecule has 3 heterocycles. The van der Waals surface area contributed by atoms with Crippen molar-refractivity contribution in [3.05, 3.63) is 58.4 Å². The summed E-state index contributed by atoms with van der Waals surface area (Å²) >= 11 is 1.75. The van der Waals surface area contributed by atoms with Gasteiger partial charge in [-0.3, -0.25) is 9.78 Å². The van der Waals surface area contributed by atoms with E-state index in [2.05, 4.69) is 58.9 Å². The van der Waals surface area contributed by atoms with Crippen LogP contribution in [0.15, 0.2) is 47.8 Å². The number of anilines is 1. The lowest BCUT2D eigenvalue weighted by molar-refractivity contribution is -0.125. The van der Waals surface area contributed by atoms with E-state index in [9.17, 15) is 4.79 Å². The van der Waals surface area contributed by atoms with Gasteiger partial charge < -0.3 is 10.2 Å². The van der Waals surface area contributed by atoms with Gasteiger partial charge in [0.05, 0.1) is 5.52 Å². The smallest absolute Gasteiger partial charge is 0.223 e. The SMILES string of the molecule is CCc1cc(N2CCC(C(=O)NCCc3cccs3)CC2)c2ccccc2n1. The zero-order chi connectivity index (χ0) is 19.3. The highest BCUT2D eigenvalue weighted by atomic mass is 32.1. The normalized spacial score (nSPS) is 15.1. The number of rotatable bonds is 6. The van der Waals surface area contributed by atoms with Gasteiger partial charge in [-0.25, -0.2) is 0 Å². The van der Waals surface area contributed by atoms with E-state index in [0.717, 1.165) is 56.5 Å². The van der Waals surface area contributed by atoms with Gasteiger partial charge in [0.15, 0.2) is 0 Å². The molecule has 4 rings (SSSR count). The summed E-state index contributed by atoms with van der Waals surface area (Å²) in [6, 6.07) is 14.8. The number of fused-ring (bicyclic) bond motifs is 1. The van der Waals surface area contributed by atoms with Crippen molar-refractivity contribution >= 4 is 33.8 Å². The summed E-state index contributed by atoms with van der Waals surface area (Å²) in [6.45, 7) is 4.71. The fourth-order valence-corrected chi connectivity index (χ4v) is 4.65. The van der Waals surface area contributed by atoms with Gasteiger partial charge in [0.25, 0.3) is 0 Å². The number of pyridine rings is 1. The van der Waals surface area contributed by atoms with Crippen LogP contribution in [0.5, 0.6) is 0 Å². The van der Waals surface area contributed by atoms with Crippen LogP contribution in [-0.4, -0.2) is 30.5 Å². The maximum atomic E-state index is 12.5. The first kappa shape index (κ1) is 18.9. The molecule has 0 bridgehead atoms. The van der Waals surface area contributed by atoms with E-state index in [1.807, 2.05) is 6.07 Å². The summed E-state index contributed by atoms with van der Waals surface area (Å²) in [5, 5.41) is 6.42. The first-order valence-corrected chi connectivity index (χ1v) is 11.1. The van der Waals surface area contributed by atoms with Crippen molar-refractivity contribution in [2.75, 3.05) is 24.5 Å². The van der Waals surface area contributed by atoms with Crippen LogP contribution in [0.3, 0.4) is 0 Å². The third-order valence-electron chi connectivity index (χ3n) is 5.57. The second-order valence-corrected chi connectivity index (χ2v) is 8.42. The van der Waals surface area contributed by atoms with E-state index in [1.54, 1.807) is 11.3 Å². The molecule has 1 fully saturated rings. The predicted octanol–water partition coefficient (Wildman–Crippen LogP) is 4.43. The van der Waals surface area contributed by atoms with Crippen molar-refractivity contribution in [3.63, 3.8) is 0 Å². The fourth-order valence-electron chi connectivity index (χ4n) is 3.94. The molecule has 5 heteroatoms. The molecule has 0 aliphatic carbocycles. The van der Waals surface area contributed by atoms with Crippen LogP contribution >= 0.6 is 11.3 Å². The Morgan fingerprint density at radius 3 is 2.79 bits per heavy atom. The van der Waals surface area contributed by atoms with Crippen molar-refractivity contribution in [2.45, 2.75) is 32.6 Å². The minimum absolute atomic E-state index is 0.123. The van der Waals surface area contributed by atoms with Gasteiger partial charge in [-0.15, -0.1) is 11.3 Å². The molecule has 0 atom stereocenters. The number of nitrogens with one attached hydrogen (secondary N) is 1. The first-order chi connectivity index (χ1) is 13.7. The summed E-state index contributed by atoms with van der Waals surface area (Å²) in [6.07, 6.45) is 3.66. The Morgan fingerprint density at radius 2 is 2.04 bits per heavy atom. The molecule has 1 saturated heterocycles. The largest absolute Gasteiger partial charge is 0.371 e. The van der Waals surface area contributed by atoms with Crippen LogP contribution in [0.2, 0.25) is 0 Å². The molecule has 0 spiro atoms. The van der Waals surface area contributed by atoms with Crippen molar-refractivity contribution < 1.29 is 4.79 Å². The number of hydrogen-bond acceptors (Lipinski definition) is 4. The predicted molar refractivity (Wildman–Crippen MR) is 117 cm³/mol. The second-order valence-electron chi connectivity index (χ2n) is 7.39. The molecule has 1 aromatic carbocycles. The third-order valence-corrected chi connectivity index (χ3v) is 6.50. The quantitative estimate of drug-likeness (QED) is 0.674. The van der Waals surface area contributed by atoms with Crippen LogP contribution in [0.1, 0.15) is 30.3 Å². The number of carbonyl (C=O) groups is 1. The summed E-state index contributed by atoms with van der Waals surface area (Å²) in [7, 11) is 0. The van der Waals surface area contributed by atoms with Gasteiger partial charge >= 0.3 is 0 Å². The maximum absolute atomic E-state index is 12.5.